The molecule has 66 valence electrons. The van der Waals surface area contributed by atoms with Gasteiger partial charge in [-0.05, 0) is 13.6 Å². The molecule has 12 heavy (non-hydrogen) atoms. The summed E-state index contributed by atoms with van der Waals surface area (Å²) in [5, 5.41) is 8.27. The van der Waals surface area contributed by atoms with E-state index in [1.165, 1.54) is 17.9 Å². The molecule has 0 atom stereocenters. The van der Waals surface area contributed by atoms with Crippen LogP contribution in [0.25, 0.3) is 0 Å². The van der Waals surface area contributed by atoms with Crippen LogP contribution in [0.4, 0.5) is 0 Å². The van der Waals surface area contributed by atoms with Crippen molar-refractivity contribution in [2.75, 3.05) is 6.54 Å². The Kier molecular flexibility index (Phi) is 5.46. The number of carbonyl (C=O) groups excluding carboxylic acids is 1. The fourth-order valence-electron chi connectivity index (χ4n) is 0.503. The fourth-order valence-corrected chi connectivity index (χ4v) is 0.503. The zero-order valence-corrected chi connectivity index (χ0v) is 6.82. The lowest BCUT2D eigenvalue weighted by Gasteiger charge is -1.95. The van der Waals surface area contributed by atoms with Crippen molar-refractivity contribution in [1.29, 1.82) is 0 Å². The van der Waals surface area contributed by atoms with Crippen LogP contribution < -0.4 is 5.48 Å². The monoisotopic (exact) mass is 169 g/mol. The summed E-state index contributed by atoms with van der Waals surface area (Å²) in [5.41, 5.74) is 1.63. The minimum Gasteiger partial charge on any atom is -0.293 e. The van der Waals surface area contributed by atoms with E-state index in [1.54, 1.807) is 0 Å². The molecule has 2 N–H and O–H groups in total. The number of hydroxylamine groups is 1. The highest BCUT2D eigenvalue weighted by Gasteiger charge is 2.03. The van der Waals surface area contributed by atoms with Crippen LogP contribution in [0, 0.1) is 0 Å². The molecule has 0 aliphatic rings. The van der Waals surface area contributed by atoms with Crippen molar-refractivity contribution in [2.45, 2.75) is 6.92 Å². The van der Waals surface area contributed by atoms with Crippen LogP contribution in [0.15, 0.2) is 21.8 Å². The Morgan fingerprint density at radius 2 is 2.42 bits per heavy atom. The zero-order chi connectivity index (χ0) is 9.40. The molecule has 5 heteroatoms. The summed E-state index contributed by atoms with van der Waals surface area (Å²) in [6, 6.07) is 0. The van der Waals surface area contributed by atoms with Crippen molar-refractivity contribution in [3.05, 3.63) is 11.8 Å². The lowest BCUT2D eigenvalue weighted by molar-refractivity contribution is -0.124. The van der Waals surface area contributed by atoms with Crippen molar-refractivity contribution in [3.63, 3.8) is 0 Å². The van der Waals surface area contributed by atoms with Gasteiger partial charge < -0.3 is 0 Å². The van der Waals surface area contributed by atoms with Gasteiger partial charge in [-0.3, -0.25) is 20.0 Å². The third-order valence-corrected chi connectivity index (χ3v) is 1.01. The fraction of sp³-hybridized carbons (Fsp3) is 0.286. The van der Waals surface area contributed by atoms with Crippen LogP contribution in [0.3, 0.4) is 0 Å². The molecule has 0 aromatic rings. The van der Waals surface area contributed by atoms with Crippen LogP contribution in [-0.2, 0) is 4.79 Å². The molecular formula is C7H11N3O2. The van der Waals surface area contributed by atoms with Crippen molar-refractivity contribution in [1.82, 2.24) is 5.48 Å². The first-order chi connectivity index (χ1) is 5.76. The van der Waals surface area contributed by atoms with Crippen molar-refractivity contribution < 1.29 is 10.0 Å². The summed E-state index contributed by atoms with van der Waals surface area (Å²) in [6.45, 7) is 5.56. The van der Waals surface area contributed by atoms with E-state index in [2.05, 4.69) is 16.7 Å². The number of hydrogen-bond donors (Lipinski definition) is 2. The minimum absolute atomic E-state index is 0.161. The highest BCUT2D eigenvalue weighted by molar-refractivity contribution is 6.11. The van der Waals surface area contributed by atoms with Gasteiger partial charge in [-0.2, -0.15) is 0 Å². The van der Waals surface area contributed by atoms with Gasteiger partial charge in [-0.25, -0.2) is 5.48 Å². The standard InChI is InChI=1S/C7H11N3O2/c1-3-9-5-6(4-8-2)7(11)10-12/h4-5,12H,2-3H2,1H3,(H,10,11)/b6-4+,9-5?. The molecule has 0 fully saturated rings. The Balaban J connectivity index is 4.44. The second kappa shape index (κ2) is 6.23. The second-order valence-electron chi connectivity index (χ2n) is 1.84. The molecule has 0 unspecified atom stereocenters. The molecule has 0 saturated heterocycles. The van der Waals surface area contributed by atoms with Gasteiger partial charge in [0.05, 0.1) is 5.57 Å². The number of nitrogens with one attached hydrogen (secondary N) is 1. The molecule has 0 aromatic carbocycles. The Morgan fingerprint density at radius 1 is 1.75 bits per heavy atom. The van der Waals surface area contributed by atoms with E-state index in [9.17, 15) is 4.79 Å². The molecule has 0 aliphatic carbocycles. The molecule has 0 radical (unpaired) electrons. The van der Waals surface area contributed by atoms with E-state index in [-0.39, 0.29) is 5.57 Å². The van der Waals surface area contributed by atoms with Gasteiger partial charge in [-0.1, -0.05) is 0 Å². The summed E-state index contributed by atoms with van der Waals surface area (Å²) in [4.78, 5) is 18.0. The Labute approximate surface area is 70.5 Å². The first-order valence-electron chi connectivity index (χ1n) is 3.36. The predicted octanol–water partition coefficient (Wildman–Crippen LogP) is 0.167. The van der Waals surface area contributed by atoms with E-state index in [4.69, 9.17) is 5.21 Å². The number of amides is 1. The lowest BCUT2D eigenvalue weighted by Crippen LogP contribution is -2.21. The first-order valence-corrected chi connectivity index (χ1v) is 3.36. The molecule has 0 aliphatic heterocycles. The molecule has 5 nitrogen and oxygen atoms in total. The maximum atomic E-state index is 10.8. The van der Waals surface area contributed by atoms with Crippen LogP contribution in [-0.4, -0.2) is 30.6 Å². The highest BCUT2D eigenvalue weighted by Crippen LogP contribution is 1.90. The average molecular weight is 169 g/mol. The Hall–Kier alpha value is -1.49. The highest BCUT2D eigenvalue weighted by atomic mass is 16.5. The Morgan fingerprint density at radius 3 is 2.83 bits per heavy atom. The van der Waals surface area contributed by atoms with Crippen molar-refractivity contribution in [3.8, 4) is 0 Å². The van der Waals surface area contributed by atoms with Gasteiger partial charge in [0.25, 0.3) is 5.91 Å². The van der Waals surface area contributed by atoms with Crippen LogP contribution >= 0.6 is 0 Å². The zero-order valence-electron chi connectivity index (χ0n) is 6.82. The second-order valence-corrected chi connectivity index (χ2v) is 1.84. The van der Waals surface area contributed by atoms with Crippen LogP contribution in [0.1, 0.15) is 6.92 Å². The molecule has 0 saturated carbocycles. The summed E-state index contributed by atoms with van der Waals surface area (Å²) < 4.78 is 0. The van der Waals surface area contributed by atoms with E-state index in [0.29, 0.717) is 6.54 Å². The largest absolute Gasteiger partial charge is 0.293 e. The summed E-state index contributed by atoms with van der Waals surface area (Å²) in [6.07, 6.45) is 2.53. The number of carbonyl (C=O) groups is 1. The third kappa shape index (κ3) is 3.62. The summed E-state index contributed by atoms with van der Waals surface area (Å²) in [5.74, 6) is -0.653. The molecule has 1 amide bonds. The van der Waals surface area contributed by atoms with E-state index in [0.717, 1.165) is 0 Å². The van der Waals surface area contributed by atoms with E-state index < -0.39 is 5.91 Å². The normalized spacial score (nSPS) is 11.7. The van der Waals surface area contributed by atoms with Gasteiger partial charge in [0, 0.05) is 19.0 Å². The van der Waals surface area contributed by atoms with Gasteiger partial charge in [0.1, 0.15) is 0 Å². The quantitative estimate of drug-likeness (QED) is 0.272. The van der Waals surface area contributed by atoms with Crippen molar-refractivity contribution in [2.24, 2.45) is 9.98 Å². The molecule has 0 bridgehead atoms. The lowest BCUT2D eigenvalue weighted by atomic mass is 10.3. The van der Waals surface area contributed by atoms with E-state index >= 15 is 0 Å². The van der Waals surface area contributed by atoms with Gasteiger partial charge in [0.15, 0.2) is 0 Å². The van der Waals surface area contributed by atoms with E-state index in [1.807, 2.05) is 6.92 Å². The molecule has 0 aromatic heterocycles. The first kappa shape index (κ1) is 10.5. The number of hydrogen-bond acceptors (Lipinski definition) is 4. The maximum Gasteiger partial charge on any atom is 0.277 e. The third-order valence-electron chi connectivity index (χ3n) is 1.01. The molecule has 0 spiro atoms. The number of aliphatic imine (C=N–C) groups is 2. The summed E-state index contributed by atoms with van der Waals surface area (Å²) >= 11 is 0. The Bertz CT molecular complexity index is 221. The van der Waals surface area contributed by atoms with Crippen LogP contribution in [0.2, 0.25) is 0 Å². The number of nitrogens with zero attached hydrogens (tertiary/aromatic N) is 2. The van der Waals surface area contributed by atoms with Crippen molar-refractivity contribution >= 4 is 18.8 Å². The number of rotatable bonds is 4. The SMILES string of the molecule is C=N/C=C(\C=NCC)C(=O)NO. The predicted molar refractivity (Wildman–Crippen MR) is 46.6 cm³/mol. The topological polar surface area (TPSA) is 74.0 Å². The van der Waals surface area contributed by atoms with Gasteiger partial charge in [-0.15, -0.1) is 0 Å². The smallest absolute Gasteiger partial charge is 0.277 e. The minimum atomic E-state index is -0.653. The van der Waals surface area contributed by atoms with Gasteiger partial charge >= 0.3 is 0 Å². The molecule has 0 heterocycles. The molecule has 0 rings (SSSR count). The summed E-state index contributed by atoms with van der Waals surface area (Å²) in [7, 11) is 0. The molecular weight excluding hydrogens is 158 g/mol. The van der Waals surface area contributed by atoms with Crippen LogP contribution in [0.5, 0.6) is 0 Å². The maximum absolute atomic E-state index is 10.8. The van der Waals surface area contributed by atoms with Gasteiger partial charge in [0.2, 0.25) is 0 Å². The average Bonchev–Trinajstić information content (AvgIpc) is 2.11.